The highest BCUT2D eigenvalue weighted by Gasteiger charge is 2.36. The number of aromatic nitrogens is 2. The molecule has 0 saturated carbocycles. The zero-order valence-electron chi connectivity index (χ0n) is 28.1. The first-order valence-electron chi connectivity index (χ1n) is 16.0. The molecule has 0 amide bonds. The second-order valence-corrected chi connectivity index (χ2v) is 13.5. The summed E-state index contributed by atoms with van der Waals surface area (Å²) in [5, 5.41) is 20.4. The Hall–Kier alpha value is -5.52. The van der Waals surface area contributed by atoms with Crippen molar-refractivity contribution in [2.75, 3.05) is 0 Å². The number of rotatable bonds is 8. The van der Waals surface area contributed by atoms with Crippen LogP contribution in [0.5, 0.6) is 11.5 Å². The van der Waals surface area contributed by atoms with E-state index in [1.807, 2.05) is 0 Å². The van der Waals surface area contributed by atoms with Crippen LogP contribution < -0.4 is 4.74 Å². The molecule has 0 aliphatic rings. The molecule has 6 aromatic rings. The van der Waals surface area contributed by atoms with Crippen molar-refractivity contribution in [1.29, 1.82) is 0 Å². The maximum Gasteiger partial charge on any atom is 0.319 e. The van der Waals surface area contributed by atoms with Crippen LogP contribution in [0.1, 0.15) is 63.0 Å². The monoisotopic (exact) mass is 746 g/mol. The van der Waals surface area contributed by atoms with Gasteiger partial charge in [-0.1, -0.05) is 37.0 Å². The van der Waals surface area contributed by atoms with Crippen LogP contribution in [0.2, 0.25) is 10.0 Å². The fourth-order valence-electron chi connectivity index (χ4n) is 6.68. The highest BCUT2D eigenvalue weighted by Crippen LogP contribution is 2.42. The van der Waals surface area contributed by atoms with Crippen LogP contribution in [-0.4, -0.2) is 43.1 Å². The first kappa shape index (κ1) is 36.3. The van der Waals surface area contributed by atoms with Crippen molar-refractivity contribution in [3.8, 4) is 11.5 Å². The van der Waals surface area contributed by atoms with Crippen molar-refractivity contribution in [2.24, 2.45) is 5.92 Å². The third-order valence-corrected chi connectivity index (χ3v) is 9.60. The molecular weight excluding hydrogens is 717 g/mol. The van der Waals surface area contributed by atoms with Gasteiger partial charge in [-0.2, -0.15) is 0 Å². The number of carboxylic acid groups (broad SMARTS) is 1. The van der Waals surface area contributed by atoms with E-state index in [0.29, 0.717) is 10.0 Å². The Kier molecular flexibility index (Phi) is 9.69. The fraction of sp³-hybridized carbons (Fsp3) is 0.179. The van der Waals surface area contributed by atoms with Gasteiger partial charge in [0.15, 0.2) is 23.1 Å². The van der Waals surface area contributed by atoms with E-state index in [9.17, 15) is 29.4 Å². The van der Waals surface area contributed by atoms with E-state index in [1.54, 1.807) is 13.8 Å². The number of nitrogens with zero attached hydrogens (tertiary/aromatic N) is 2. The SMILES string of the molecule is Cc1c(CC(=O)O)c2c(F)c(OC(=O)C(c3c(C)n(C(=O)c4ccc(Cl)cc4)c4ccc(O)c(F)c34)C(C)C)ccc2n1C(=O)c1ccc(Cl)cc1. The van der Waals surface area contributed by atoms with E-state index in [1.165, 1.54) is 83.6 Å². The number of carboxylic acids is 1. The van der Waals surface area contributed by atoms with Gasteiger partial charge < -0.3 is 14.9 Å². The molecule has 2 heterocycles. The highest BCUT2D eigenvalue weighted by atomic mass is 35.5. The predicted octanol–water partition coefficient (Wildman–Crippen LogP) is 8.85. The molecule has 1 atom stereocenters. The maximum absolute atomic E-state index is 16.5. The van der Waals surface area contributed by atoms with Crippen LogP contribution >= 0.6 is 23.2 Å². The largest absolute Gasteiger partial charge is 0.505 e. The molecule has 2 N–H and O–H groups in total. The number of phenolic OH excluding ortho intramolecular Hbond substituents is 1. The number of hydrogen-bond acceptors (Lipinski definition) is 6. The maximum atomic E-state index is 16.5. The summed E-state index contributed by atoms with van der Waals surface area (Å²) in [6.07, 6.45) is -0.644. The van der Waals surface area contributed by atoms with Crippen LogP contribution in [0.15, 0.2) is 72.8 Å². The van der Waals surface area contributed by atoms with Gasteiger partial charge in [0.1, 0.15) is 0 Å². The van der Waals surface area contributed by atoms with Gasteiger partial charge in [-0.25, -0.2) is 8.78 Å². The standard InChI is InChI=1S/C39H30Cl2F2N2O7/c1-18(2)31(32-20(4)45(27-13-15-28(46)35(42)34(27)32)38(50)22-7-11-24(41)12-8-22)39(51)52-29-16-14-26-33(36(29)43)25(17-30(47)48)19(3)44(26)37(49)21-5-9-23(40)10-6-21/h5-16,18,31,46H,17H2,1-4H3,(H,47,48). The molecule has 2 aromatic heterocycles. The fourth-order valence-corrected chi connectivity index (χ4v) is 6.94. The van der Waals surface area contributed by atoms with Crippen molar-refractivity contribution >= 4 is 68.8 Å². The highest BCUT2D eigenvalue weighted by molar-refractivity contribution is 6.31. The number of aromatic hydroxyl groups is 1. The van der Waals surface area contributed by atoms with Crippen molar-refractivity contribution in [3.63, 3.8) is 0 Å². The average molecular weight is 748 g/mol. The second kappa shape index (κ2) is 13.9. The van der Waals surface area contributed by atoms with Gasteiger partial charge in [0.2, 0.25) is 0 Å². The predicted molar refractivity (Wildman–Crippen MR) is 192 cm³/mol. The Morgan fingerprint density at radius 3 is 1.75 bits per heavy atom. The number of ether oxygens (including phenoxy) is 1. The first-order valence-corrected chi connectivity index (χ1v) is 16.8. The lowest BCUT2D eigenvalue weighted by Crippen LogP contribution is -2.25. The lowest BCUT2D eigenvalue weighted by Gasteiger charge is -2.21. The third kappa shape index (κ3) is 6.20. The molecule has 0 aliphatic heterocycles. The van der Waals surface area contributed by atoms with E-state index in [0.717, 1.165) is 12.1 Å². The van der Waals surface area contributed by atoms with E-state index in [4.69, 9.17) is 27.9 Å². The number of aliphatic carboxylic acids is 1. The number of carbonyl (C=O) groups excluding carboxylic acids is 3. The van der Waals surface area contributed by atoms with Crippen LogP contribution in [0.3, 0.4) is 0 Å². The van der Waals surface area contributed by atoms with Crippen molar-refractivity contribution in [1.82, 2.24) is 9.13 Å². The normalized spacial score (nSPS) is 12.1. The minimum Gasteiger partial charge on any atom is -0.505 e. The summed E-state index contributed by atoms with van der Waals surface area (Å²) in [5.74, 6) is -8.73. The molecule has 0 fully saturated rings. The summed E-state index contributed by atoms with van der Waals surface area (Å²) in [6, 6.07) is 17.0. The summed E-state index contributed by atoms with van der Waals surface area (Å²) in [7, 11) is 0. The molecule has 6 rings (SSSR count). The zero-order valence-corrected chi connectivity index (χ0v) is 29.6. The van der Waals surface area contributed by atoms with Gasteiger partial charge in [0.25, 0.3) is 11.8 Å². The number of phenols is 1. The van der Waals surface area contributed by atoms with Gasteiger partial charge in [0, 0.05) is 43.3 Å². The Labute approximate surface area is 305 Å². The van der Waals surface area contributed by atoms with Gasteiger partial charge in [-0.05, 0) is 104 Å². The van der Waals surface area contributed by atoms with Crippen molar-refractivity contribution < 1.29 is 42.9 Å². The van der Waals surface area contributed by atoms with E-state index in [2.05, 4.69) is 0 Å². The van der Waals surface area contributed by atoms with Crippen LogP contribution in [0, 0.1) is 31.4 Å². The number of hydrogen-bond donors (Lipinski definition) is 2. The average Bonchev–Trinajstić information content (AvgIpc) is 3.54. The molecule has 52 heavy (non-hydrogen) atoms. The number of benzene rings is 4. The third-order valence-electron chi connectivity index (χ3n) is 9.09. The molecule has 0 saturated heterocycles. The number of fused-ring (bicyclic) bond motifs is 2. The van der Waals surface area contributed by atoms with Crippen LogP contribution in [0.25, 0.3) is 21.8 Å². The zero-order chi connectivity index (χ0) is 37.8. The summed E-state index contributed by atoms with van der Waals surface area (Å²) < 4.78 is 40.5. The quantitative estimate of drug-likeness (QED) is 0.118. The molecule has 9 nitrogen and oxygen atoms in total. The van der Waals surface area contributed by atoms with Gasteiger partial charge in [-0.3, -0.25) is 28.3 Å². The van der Waals surface area contributed by atoms with Gasteiger partial charge in [0.05, 0.1) is 23.4 Å². The van der Waals surface area contributed by atoms with Crippen molar-refractivity contribution in [2.45, 2.75) is 40.0 Å². The van der Waals surface area contributed by atoms with Crippen LogP contribution in [0.4, 0.5) is 8.78 Å². The number of esters is 1. The summed E-state index contributed by atoms with van der Waals surface area (Å²) in [6.45, 7) is 6.33. The van der Waals surface area contributed by atoms with Crippen molar-refractivity contribution in [3.05, 3.63) is 128 Å². The van der Waals surface area contributed by atoms with Gasteiger partial charge in [-0.15, -0.1) is 0 Å². The topological polar surface area (TPSA) is 128 Å². The van der Waals surface area contributed by atoms with E-state index in [-0.39, 0.29) is 55.4 Å². The minimum absolute atomic E-state index is 0.00204. The molecule has 4 aromatic carbocycles. The van der Waals surface area contributed by atoms with Gasteiger partial charge >= 0.3 is 11.9 Å². The Morgan fingerprint density at radius 1 is 0.731 bits per heavy atom. The second-order valence-electron chi connectivity index (χ2n) is 12.6. The number of halogens is 4. The lowest BCUT2D eigenvalue weighted by molar-refractivity contribution is -0.138. The minimum atomic E-state index is -1.29. The summed E-state index contributed by atoms with van der Waals surface area (Å²) in [4.78, 5) is 53.5. The molecule has 0 spiro atoms. The Bertz CT molecular complexity index is 2450. The van der Waals surface area contributed by atoms with E-state index >= 15 is 8.78 Å². The van der Waals surface area contributed by atoms with Crippen LogP contribution in [-0.2, 0) is 16.0 Å². The molecular formula is C39H30Cl2F2N2O7. The molecule has 0 radical (unpaired) electrons. The molecule has 0 aliphatic carbocycles. The Morgan fingerprint density at radius 2 is 1.23 bits per heavy atom. The molecule has 1 unspecified atom stereocenters. The number of carbonyl (C=O) groups is 4. The summed E-state index contributed by atoms with van der Waals surface area (Å²) >= 11 is 12.0. The molecule has 0 bridgehead atoms. The smallest absolute Gasteiger partial charge is 0.319 e. The summed E-state index contributed by atoms with van der Waals surface area (Å²) in [5.41, 5.74) is 0.957. The first-order chi connectivity index (χ1) is 24.6. The molecule has 13 heteroatoms. The molecule has 266 valence electrons. The lowest BCUT2D eigenvalue weighted by atomic mass is 9.86. The van der Waals surface area contributed by atoms with E-state index < -0.39 is 65.1 Å². The Balaban J connectivity index is 1.48.